The highest BCUT2D eigenvalue weighted by atomic mass is 16.5. The second kappa shape index (κ2) is 8.11. The number of aliphatic carboxylic acids is 1. The second-order valence-electron chi connectivity index (χ2n) is 11.4. The van der Waals surface area contributed by atoms with Gasteiger partial charge >= 0.3 is 5.97 Å². The molecule has 0 saturated heterocycles. The number of carboxylic acids is 1. The molecule has 0 aliphatic heterocycles. The lowest BCUT2D eigenvalue weighted by molar-refractivity contribution is -0.315. The van der Waals surface area contributed by atoms with Gasteiger partial charge < -0.3 is 19.7 Å². The number of carboxylic acid groups (broad SMARTS) is 1. The van der Waals surface area contributed by atoms with E-state index >= 15 is 0 Å². The van der Waals surface area contributed by atoms with Crippen molar-refractivity contribution in [2.24, 2.45) is 46.3 Å². The summed E-state index contributed by atoms with van der Waals surface area (Å²) < 4.78 is 4.74. The van der Waals surface area contributed by atoms with Crippen LogP contribution >= 0.6 is 0 Å². The fourth-order valence-electron chi connectivity index (χ4n) is 8.80. The number of carbonyl (C=O) groups is 2. The first kappa shape index (κ1) is 22.1. The quantitative estimate of drug-likeness (QED) is 0.691. The molecule has 30 heavy (non-hydrogen) atoms. The molecule has 4 rings (SSSR count). The molecule has 0 aromatic carbocycles. The van der Waals surface area contributed by atoms with E-state index in [0.29, 0.717) is 35.5 Å². The molecule has 0 aromatic rings. The zero-order valence-corrected chi connectivity index (χ0v) is 18.9. The van der Waals surface area contributed by atoms with Crippen molar-refractivity contribution in [1.82, 2.24) is 0 Å². The third-order valence-electron chi connectivity index (χ3n) is 10.4. The van der Waals surface area contributed by atoms with Crippen molar-refractivity contribution < 1.29 is 24.5 Å². The third-order valence-corrected chi connectivity index (χ3v) is 10.4. The molecule has 0 heterocycles. The van der Waals surface area contributed by atoms with Gasteiger partial charge in [0.15, 0.2) is 0 Å². The summed E-state index contributed by atoms with van der Waals surface area (Å²) in [7, 11) is 1.35. The molecule has 0 spiro atoms. The van der Waals surface area contributed by atoms with Gasteiger partial charge in [0, 0.05) is 18.3 Å². The Morgan fingerprint density at radius 2 is 1.73 bits per heavy atom. The van der Waals surface area contributed by atoms with Crippen LogP contribution in [0.5, 0.6) is 0 Å². The molecule has 5 heteroatoms. The lowest BCUT2D eigenvalue weighted by atomic mass is 9.44. The maximum atomic E-state index is 12.1. The van der Waals surface area contributed by atoms with Gasteiger partial charge in [-0.05, 0) is 105 Å². The number of aliphatic hydroxyl groups is 1. The van der Waals surface area contributed by atoms with Crippen LogP contribution in [0.4, 0.5) is 0 Å². The Hall–Kier alpha value is -1.10. The van der Waals surface area contributed by atoms with E-state index in [1.165, 1.54) is 26.4 Å². The largest absolute Gasteiger partial charge is 0.550 e. The lowest BCUT2D eigenvalue weighted by Gasteiger charge is -2.61. The van der Waals surface area contributed by atoms with Crippen LogP contribution in [0.2, 0.25) is 0 Å². The predicted octanol–water partition coefficient (Wildman–Crippen LogP) is 3.33. The van der Waals surface area contributed by atoms with Gasteiger partial charge in [0.25, 0.3) is 0 Å². The summed E-state index contributed by atoms with van der Waals surface area (Å²) in [6.45, 7) is 4.81. The van der Waals surface area contributed by atoms with Crippen molar-refractivity contribution in [2.45, 2.75) is 90.6 Å². The average molecular weight is 420 g/mol. The first-order valence-corrected chi connectivity index (χ1v) is 12.2. The number of hydrogen-bond donors (Lipinski definition) is 1. The molecule has 0 amide bonds. The Bertz CT molecular complexity index is 676. The molecule has 0 bridgehead atoms. The second-order valence-corrected chi connectivity index (χ2v) is 11.4. The maximum absolute atomic E-state index is 12.1. The van der Waals surface area contributed by atoms with Gasteiger partial charge in [0.05, 0.1) is 13.2 Å². The molecule has 0 aromatic heterocycles. The SMILES string of the molecule is COC(=O)CC[C@@H](C(=O)[O-])[C@@H]1CCC2C3CC[C@H]4C[C@@H](O)CC[C@]4(C)C3CC[C@@]21C. The van der Waals surface area contributed by atoms with Crippen LogP contribution in [-0.4, -0.2) is 30.3 Å². The molecule has 170 valence electrons. The third kappa shape index (κ3) is 3.49. The maximum Gasteiger partial charge on any atom is 0.305 e. The Labute approximate surface area is 180 Å². The number of fused-ring (bicyclic) bond motifs is 5. The van der Waals surface area contributed by atoms with Gasteiger partial charge in [0.1, 0.15) is 0 Å². The van der Waals surface area contributed by atoms with Crippen LogP contribution in [0.3, 0.4) is 0 Å². The Balaban J connectivity index is 1.53. The van der Waals surface area contributed by atoms with E-state index in [0.717, 1.165) is 38.5 Å². The van der Waals surface area contributed by atoms with Gasteiger partial charge in [-0.15, -0.1) is 0 Å². The van der Waals surface area contributed by atoms with E-state index in [1.807, 2.05) is 0 Å². The van der Waals surface area contributed by atoms with Crippen molar-refractivity contribution >= 4 is 11.9 Å². The summed E-state index contributed by atoms with van der Waals surface area (Å²) >= 11 is 0. The molecule has 0 radical (unpaired) electrons. The normalized spacial score (nSPS) is 46.3. The molecule has 4 aliphatic rings. The van der Waals surface area contributed by atoms with Crippen LogP contribution < -0.4 is 5.11 Å². The zero-order valence-electron chi connectivity index (χ0n) is 18.9. The molecule has 4 saturated carbocycles. The number of carbonyl (C=O) groups excluding carboxylic acids is 2. The van der Waals surface area contributed by atoms with E-state index in [9.17, 15) is 19.8 Å². The number of methoxy groups -OCH3 is 1. The van der Waals surface area contributed by atoms with Crippen LogP contribution in [-0.2, 0) is 14.3 Å². The van der Waals surface area contributed by atoms with Crippen LogP contribution in [0.25, 0.3) is 0 Å². The minimum Gasteiger partial charge on any atom is -0.550 e. The van der Waals surface area contributed by atoms with Crippen LogP contribution in [0.15, 0.2) is 0 Å². The summed E-state index contributed by atoms with van der Waals surface area (Å²) in [5.41, 5.74) is 0.361. The van der Waals surface area contributed by atoms with Crippen molar-refractivity contribution in [3.63, 3.8) is 0 Å². The van der Waals surface area contributed by atoms with Gasteiger partial charge in [-0.25, -0.2) is 0 Å². The van der Waals surface area contributed by atoms with E-state index in [-0.39, 0.29) is 29.8 Å². The van der Waals surface area contributed by atoms with Crippen molar-refractivity contribution in [3.05, 3.63) is 0 Å². The fraction of sp³-hybridized carbons (Fsp3) is 0.920. The highest BCUT2D eigenvalue weighted by Crippen LogP contribution is 2.68. The Morgan fingerprint density at radius 1 is 1.03 bits per heavy atom. The standard InChI is InChI=1S/C25H40O5/c1-24-12-10-16(26)14-15(24)4-5-17-19-7-8-20(25(19,2)13-11-21(17)24)18(23(28)29)6-9-22(27)30-3/h15-21,26H,4-14H2,1-3H3,(H,28,29)/p-1/t15-,16-,17?,18+,19?,20-,21?,24-,25-/m0/s1. The van der Waals surface area contributed by atoms with E-state index < -0.39 is 11.9 Å². The smallest absolute Gasteiger partial charge is 0.305 e. The molecule has 1 N–H and O–H groups in total. The van der Waals surface area contributed by atoms with Crippen molar-refractivity contribution in [1.29, 1.82) is 0 Å². The number of hydrogen-bond acceptors (Lipinski definition) is 5. The zero-order chi connectivity index (χ0) is 21.7. The molecular weight excluding hydrogens is 380 g/mol. The van der Waals surface area contributed by atoms with Gasteiger partial charge in [0.2, 0.25) is 0 Å². The van der Waals surface area contributed by atoms with Gasteiger partial charge in [-0.3, -0.25) is 4.79 Å². The summed E-state index contributed by atoms with van der Waals surface area (Å²) in [4.78, 5) is 23.7. The van der Waals surface area contributed by atoms with Crippen molar-refractivity contribution in [2.75, 3.05) is 7.11 Å². The minimum absolute atomic E-state index is 0.0272. The monoisotopic (exact) mass is 419 g/mol. The number of rotatable bonds is 5. The Morgan fingerprint density at radius 3 is 2.43 bits per heavy atom. The van der Waals surface area contributed by atoms with E-state index in [4.69, 9.17) is 4.74 Å². The summed E-state index contributed by atoms with van der Waals surface area (Å²) in [5, 5.41) is 22.3. The topological polar surface area (TPSA) is 86.7 Å². The van der Waals surface area contributed by atoms with Gasteiger partial charge in [-0.1, -0.05) is 13.8 Å². The number of aliphatic hydroxyl groups excluding tert-OH is 1. The highest BCUT2D eigenvalue weighted by molar-refractivity contribution is 5.72. The highest BCUT2D eigenvalue weighted by Gasteiger charge is 2.60. The molecule has 4 fully saturated rings. The predicted molar refractivity (Wildman–Crippen MR) is 111 cm³/mol. The van der Waals surface area contributed by atoms with Gasteiger partial charge in [-0.2, -0.15) is 0 Å². The van der Waals surface area contributed by atoms with Crippen molar-refractivity contribution in [3.8, 4) is 0 Å². The first-order chi connectivity index (χ1) is 14.2. The van der Waals surface area contributed by atoms with Crippen LogP contribution in [0.1, 0.15) is 84.5 Å². The van der Waals surface area contributed by atoms with E-state index in [2.05, 4.69) is 13.8 Å². The molecular formula is C25H39O5-. The minimum atomic E-state index is -0.996. The summed E-state index contributed by atoms with van der Waals surface area (Å²) in [6.07, 6.45) is 10.1. The molecule has 9 atom stereocenters. The average Bonchev–Trinajstić information content (AvgIpc) is 3.05. The molecule has 3 unspecified atom stereocenters. The number of ether oxygens (including phenoxy) is 1. The fourth-order valence-corrected chi connectivity index (χ4v) is 8.80. The Kier molecular flexibility index (Phi) is 5.97. The molecule has 4 aliphatic carbocycles. The molecule has 5 nitrogen and oxygen atoms in total. The summed E-state index contributed by atoms with van der Waals surface area (Å²) in [6, 6.07) is 0. The first-order valence-electron chi connectivity index (χ1n) is 12.2. The summed E-state index contributed by atoms with van der Waals surface area (Å²) in [5.74, 6) is 0.792. The lowest BCUT2D eigenvalue weighted by Crippen LogP contribution is -2.54. The number of esters is 1. The van der Waals surface area contributed by atoms with E-state index in [1.54, 1.807) is 0 Å². The van der Waals surface area contributed by atoms with Crippen LogP contribution in [0, 0.1) is 46.3 Å².